The molecule has 8 nitrogen and oxygen atoms in total. The molecule has 0 spiro atoms. The highest BCUT2D eigenvalue weighted by Gasteiger charge is 2.33. The van der Waals surface area contributed by atoms with Gasteiger partial charge in [0, 0.05) is 36.6 Å². The van der Waals surface area contributed by atoms with Crippen molar-refractivity contribution >= 4 is 38.9 Å². The quantitative estimate of drug-likeness (QED) is 0.669. The molecule has 2 saturated carbocycles. The number of carbonyl (C=O) groups excluding carboxylic acids is 2. The molecule has 0 saturated heterocycles. The number of amides is 1. The lowest BCUT2D eigenvalue weighted by Crippen LogP contribution is -2.28. The second-order valence-corrected chi connectivity index (χ2v) is 9.60. The average Bonchev–Trinajstić information content (AvgIpc) is 3.44. The van der Waals surface area contributed by atoms with Gasteiger partial charge in [0.05, 0.1) is 11.3 Å². The van der Waals surface area contributed by atoms with Crippen molar-refractivity contribution in [2.75, 3.05) is 16.9 Å². The molecule has 0 atom stereocenters. The average molecular weight is 414 g/mol. The van der Waals surface area contributed by atoms with Crippen molar-refractivity contribution in [3.8, 4) is 0 Å². The lowest BCUT2D eigenvalue weighted by Gasteiger charge is -2.24. The minimum absolute atomic E-state index is 0.00592. The van der Waals surface area contributed by atoms with Crippen molar-refractivity contribution in [2.24, 2.45) is 11.8 Å². The van der Waals surface area contributed by atoms with Gasteiger partial charge in [0.1, 0.15) is 16.5 Å². The third-order valence-corrected chi connectivity index (χ3v) is 6.40. The molecule has 0 bridgehead atoms. The number of pyridine rings is 2. The van der Waals surface area contributed by atoms with Gasteiger partial charge in [-0.2, -0.15) is 0 Å². The van der Waals surface area contributed by atoms with E-state index in [9.17, 15) is 18.0 Å². The Bertz CT molecular complexity index is 1080. The van der Waals surface area contributed by atoms with Gasteiger partial charge in [-0.3, -0.25) is 9.59 Å². The number of hydrogen-bond acceptors (Lipinski definition) is 7. The lowest BCUT2D eigenvalue weighted by atomic mass is 9.85. The van der Waals surface area contributed by atoms with Gasteiger partial charge < -0.3 is 10.6 Å². The van der Waals surface area contributed by atoms with Crippen molar-refractivity contribution in [3.05, 3.63) is 36.2 Å². The molecule has 2 aliphatic carbocycles. The summed E-state index contributed by atoms with van der Waals surface area (Å²) in [6.45, 7) is 0. The number of nitrogens with zero attached hydrogens (tertiary/aromatic N) is 2. The van der Waals surface area contributed by atoms with Gasteiger partial charge in [0.15, 0.2) is 15.6 Å². The Morgan fingerprint density at radius 3 is 2.48 bits per heavy atom. The van der Waals surface area contributed by atoms with Gasteiger partial charge in [-0.25, -0.2) is 18.4 Å². The number of ketones is 1. The molecule has 0 unspecified atom stereocenters. The number of aromatic nitrogens is 2. The summed E-state index contributed by atoms with van der Waals surface area (Å²) in [6, 6.07) is 4.55. The highest BCUT2D eigenvalue weighted by molar-refractivity contribution is 7.90. The predicted octanol–water partition coefficient (Wildman–Crippen LogP) is 2.96. The van der Waals surface area contributed by atoms with Crippen LogP contribution < -0.4 is 10.6 Å². The first-order valence-corrected chi connectivity index (χ1v) is 11.5. The van der Waals surface area contributed by atoms with Crippen LogP contribution in [-0.2, 0) is 14.6 Å². The van der Waals surface area contributed by atoms with Crippen LogP contribution in [-0.4, -0.2) is 36.3 Å². The lowest BCUT2D eigenvalue weighted by molar-refractivity contribution is -0.122. The smallest absolute Gasteiger partial charge is 0.228 e. The normalized spacial score (nSPS) is 16.7. The Kier molecular flexibility index (Phi) is 5.08. The Morgan fingerprint density at radius 1 is 1.10 bits per heavy atom. The van der Waals surface area contributed by atoms with E-state index in [0.29, 0.717) is 17.1 Å². The number of anilines is 3. The van der Waals surface area contributed by atoms with E-state index in [1.165, 1.54) is 24.5 Å². The van der Waals surface area contributed by atoms with Gasteiger partial charge in [-0.05, 0) is 37.8 Å². The second-order valence-electron chi connectivity index (χ2n) is 7.62. The summed E-state index contributed by atoms with van der Waals surface area (Å²) in [5.41, 5.74) is 0.739. The fourth-order valence-corrected chi connectivity index (χ4v) is 3.98. The van der Waals surface area contributed by atoms with Crippen molar-refractivity contribution < 1.29 is 18.0 Å². The first-order valence-electron chi connectivity index (χ1n) is 9.60. The predicted molar refractivity (Wildman–Crippen MR) is 108 cm³/mol. The van der Waals surface area contributed by atoms with E-state index >= 15 is 0 Å². The molecular formula is C20H22N4O4S. The van der Waals surface area contributed by atoms with E-state index in [1.54, 1.807) is 6.07 Å². The van der Waals surface area contributed by atoms with E-state index in [-0.39, 0.29) is 34.2 Å². The summed E-state index contributed by atoms with van der Waals surface area (Å²) in [4.78, 5) is 33.3. The summed E-state index contributed by atoms with van der Waals surface area (Å²) in [5, 5.41) is 5.77. The second kappa shape index (κ2) is 7.55. The van der Waals surface area contributed by atoms with Crippen molar-refractivity contribution in [2.45, 2.75) is 37.0 Å². The Hall–Kier alpha value is -2.81. The molecule has 2 aromatic rings. The van der Waals surface area contributed by atoms with E-state index in [1.807, 2.05) is 0 Å². The molecular weight excluding hydrogens is 392 g/mol. The van der Waals surface area contributed by atoms with Crippen LogP contribution in [0.25, 0.3) is 0 Å². The van der Waals surface area contributed by atoms with Gasteiger partial charge in [-0.1, -0.05) is 6.42 Å². The van der Waals surface area contributed by atoms with E-state index in [0.717, 1.165) is 38.4 Å². The summed E-state index contributed by atoms with van der Waals surface area (Å²) >= 11 is 0. The molecule has 0 aliphatic heterocycles. The van der Waals surface area contributed by atoms with Crippen LogP contribution in [0.1, 0.15) is 42.5 Å². The minimum atomic E-state index is -3.52. The maximum atomic E-state index is 12.7. The fraction of sp³-hybridized carbons (Fsp3) is 0.400. The molecule has 2 N–H and O–H groups in total. The van der Waals surface area contributed by atoms with E-state index < -0.39 is 9.84 Å². The van der Waals surface area contributed by atoms with Crippen molar-refractivity contribution in [1.29, 1.82) is 0 Å². The van der Waals surface area contributed by atoms with Crippen LogP contribution in [0.2, 0.25) is 0 Å². The van der Waals surface area contributed by atoms with Crippen LogP contribution in [0.4, 0.5) is 17.3 Å². The molecule has 2 aliphatic rings. The van der Waals surface area contributed by atoms with Crippen molar-refractivity contribution in [1.82, 2.24) is 9.97 Å². The van der Waals surface area contributed by atoms with E-state index in [2.05, 4.69) is 20.6 Å². The molecule has 1 amide bonds. The van der Waals surface area contributed by atoms with Crippen molar-refractivity contribution in [3.63, 3.8) is 0 Å². The van der Waals surface area contributed by atoms with Crippen LogP contribution >= 0.6 is 0 Å². The topological polar surface area (TPSA) is 118 Å². The third-order valence-electron chi connectivity index (χ3n) is 5.27. The fourth-order valence-electron chi connectivity index (χ4n) is 3.20. The van der Waals surface area contributed by atoms with Crippen LogP contribution in [0.5, 0.6) is 0 Å². The molecule has 2 heterocycles. The largest absolute Gasteiger partial charge is 0.338 e. The maximum absolute atomic E-state index is 12.7. The molecule has 0 radical (unpaired) electrons. The first-order chi connectivity index (χ1) is 13.8. The number of Topliss-reactive ketones (excluding diaryl/α,β-unsaturated/α-hetero) is 1. The minimum Gasteiger partial charge on any atom is -0.338 e. The molecule has 2 fully saturated rings. The molecule has 2 aromatic heterocycles. The monoisotopic (exact) mass is 414 g/mol. The summed E-state index contributed by atoms with van der Waals surface area (Å²) in [5.74, 6) is 0.259. The number of carbonyl (C=O) groups is 2. The summed E-state index contributed by atoms with van der Waals surface area (Å²) < 4.78 is 24.2. The maximum Gasteiger partial charge on any atom is 0.228 e. The zero-order chi connectivity index (χ0) is 20.6. The van der Waals surface area contributed by atoms with E-state index in [4.69, 9.17) is 0 Å². The molecule has 0 aromatic carbocycles. The van der Waals surface area contributed by atoms with Gasteiger partial charge >= 0.3 is 0 Å². The molecule has 4 rings (SSSR count). The zero-order valence-corrected chi connectivity index (χ0v) is 16.8. The SMILES string of the molecule is CS(=O)(=O)c1cccnc1Nc1cc(NC(=O)C2CCC2)ncc1C(=O)C1CC1. The Labute approximate surface area is 169 Å². The zero-order valence-electron chi connectivity index (χ0n) is 16.0. The highest BCUT2D eigenvalue weighted by atomic mass is 32.2. The molecule has 9 heteroatoms. The number of rotatable bonds is 7. The molecule has 29 heavy (non-hydrogen) atoms. The third kappa shape index (κ3) is 4.29. The Morgan fingerprint density at radius 2 is 1.86 bits per heavy atom. The van der Waals surface area contributed by atoms with Gasteiger partial charge in [0.25, 0.3) is 0 Å². The summed E-state index contributed by atoms with van der Waals surface area (Å²) in [7, 11) is -3.52. The van der Waals surface area contributed by atoms with Crippen LogP contribution in [0.15, 0.2) is 35.5 Å². The standard InChI is InChI=1S/C20H22N4O4S/c1-29(27,28)16-6-3-9-21-19(16)23-15-10-17(24-20(26)13-4-2-5-13)22-11-14(15)18(25)12-7-8-12/h3,6,9-13H,2,4-5,7-8H2,1H3,(H2,21,22,23,24,26). The van der Waals surface area contributed by atoms with Crippen LogP contribution in [0, 0.1) is 11.8 Å². The highest BCUT2D eigenvalue weighted by Crippen LogP contribution is 2.36. The van der Waals surface area contributed by atoms with Gasteiger partial charge in [-0.15, -0.1) is 0 Å². The number of sulfone groups is 1. The number of hydrogen-bond donors (Lipinski definition) is 2. The summed E-state index contributed by atoms with van der Waals surface area (Å²) in [6.07, 6.45) is 8.43. The first kappa shape index (κ1) is 19.5. The number of nitrogens with one attached hydrogen (secondary N) is 2. The Balaban J connectivity index is 1.68. The van der Waals surface area contributed by atoms with Gasteiger partial charge in [0.2, 0.25) is 5.91 Å². The van der Waals surface area contributed by atoms with Crippen LogP contribution in [0.3, 0.4) is 0 Å². The molecule has 152 valence electrons.